The summed E-state index contributed by atoms with van der Waals surface area (Å²) in [6.45, 7) is 4.64. The molecule has 0 aliphatic heterocycles. The molecule has 0 saturated heterocycles. The zero-order valence-electron chi connectivity index (χ0n) is 39.9. The Morgan fingerprint density at radius 2 is 0.933 bits per heavy atom. The quantitative estimate of drug-likeness (QED) is 0.0282. The first-order chi connectivity index (χ1) is 29.1. The van der Waals surface area contributed by atoms with Gasteiger partial charge in [0.25, 0.3) is 0 Å². The molecular weight excluding hydrogens is 751 g/mol. The van der Waals surface area contributed by atoms with Crippen LogP contribution in [0.3, 0.4) is 0 Å². The molecule has 0 aliphatic rings. The summed E-state index contributed by atoms with van der Waals surface area (Å²) in [6.07, 6.45) is 50.5. The van der Waals surface area contributed by atoms with E-state index in [0.29, 0.717) is 19.3 Å². The van der Waals surface area contributed by atoms with Crippen LogP contribution in [0.1, 0.15) is 226 Å². The van der Waals surface area contributed by atoms with Crippen molar-refractivity contribution in [3.05, 3.63) is 36.5 Å². The number of hydrogen-bond donors (Lipinski definition) is 1. The van der Waals surface area contributed by atoms with Gasteiger partial charge in [-0.1, -0.05) is 198 Å². The van der Waals surface area contributed by atoms with Gasteiger partial charge in [-0.25, -0.2) is 4.79 Å². The van der Waals surface area contributed by atoms with Crippen molar-refractivity contribution in [3.63, 3.8) is 0 Å². The van der Waals surface area contributed by atoms with Crippen LogP contribution in [-0.4, -0.2) is 80.6 Å². The van der Waals surface area contributed by atoms with E-state index in [2.05, 4.69) is 50.3 Å². The van der Waals surface area contributed by atoms with Crippen LogP contribution in [0.25, 0.3) is 0 Å². The number of likely N-dealkylation sites (N-methyl/N-ethyl adjacent to an activating group) is 1. The smallest absolute Gasteiger partial charge is 0.362 e. The molecule has 0 amide bonds. The van der Waals surface area contributed by atoms with Gasteiger partial charge in [0.2, 0.25) is 0 Å². The molecule has 0 fully saturated rings. The molecule has 350 valence electrons. The van der Waals surface area contributed by atoms with Crippen molar-refractivity contribution in [2.75, 3.05) is 41.0 Å². The van der Waals surface area contributed by atoms with Crippen LogP contribution in [0.2, 0.25) is 0 Å². The summed E-state index contributed by atoms with van der Waals surface area (Å²) in [5.41, 5.74) is 0. The molecule has 2 unspecified atom stereocenters. The summed E-state index contributed by atoms with van der Waals surface area (Å²) in [6, 6.07) is -0.616. The number of allylic oxidation sites excluding steroid dienone is 6. The molecule has 0 heterocycles. The molecular formula is C52H96NO7+. The van der Waals surface area contributed by atoms with Crippen LogP contribution < -0.4 is 0 Å². The number of unbranched alkanes of at least 4 members (excludes halogenated alkanes) is 25. The molecule has 0 spiro atoms. The van der Waals surface area contributed by atoms with Crippen molar-refractivity contribution in [2.45, 2.75) is 238 Å². The first-order valence-corrected chi connectivity index (χ1v) is 25.0. The predicted octanol–water partition coefficient (Wildman–Crippen LogP) is 14.2. The van der Waals surface area contributed by atoms with E-state index in [1.807, 2.05) is 21.1 Å². The molecule has 2 atom stereocenters. The molecule has 1 N–H and O–H groups in total. The molecule has 0 aromatic rings. The van der Waals surface area contributed by atoms with Gasteiger partial charge in [0.1, 0.15) is 6.61 Å². The molecule has 0 rings (SSSR count). The minimum Gasteiger partial charge on any atom is -0.477 e. The number of carboxylic acid groups (broad SMARTS) is 1. The Kier molecular flexibility index (Phi) is 41.4. The van der Waals surface area contributed by atoms with E-state index >= 15 is 0 Å². The van der Waals surface area contributed by atoms with Crippen LogP contribution >= 0.6 is 0 Å². The molecule has 8 nitrogen and oxygen atoms in total. The van der Waals surface area contributed by atoms with E-state index < -0.39 is 18.1 Å². The van der Waals surface area contributed by atoms with Crippen molar-refractivity contribution >= 4 is 17.9 Å². The number of nitrogens with zero attached hydrogens (tertiary/aromatic N) is 1. The first-order valence-electron chi connectivity index (χ1n) is 25.0. The zero-order chi connectivity index (χ0) is 44.2. The normalized spacial score (nSPS) is 13.2. The molecule has 0 bridgehead atoms. The summed E-state index contributed by atoms with van der Waals surface area (Å²) < 4.78 is 17.3. The summed E-state index contributed by atoms with van der Waals surface area (Å²) in [4.78, 5) is 37.1. The van der Waals surface area contributed by atoms with Crippen molar-refractivity contribution < 1.29 is 38.2 Å². The number of rotatable bonds is 45. The number of quaternary nitrogens is 1. The number of carbonyl (C=O) groups excluding carboxylic acids is 2. The number of hydrogen-bond acceptors (Lipinski definition) is 6. The monoisotopic (exact) mass is 847 g/mol. The van der Waals surface area contributed by atoms with Crippen LogP contribution in [0, 0.1) is 0 Å². The maximum absolute atomic E-state index is 12.8. The third-order valence-corrected chi connectivity index (χ3v) is 11.3. The lowest BCUT2D eigenvalue weighted by Gasteiger charge is -2.31. The molecule has 0 aromatic carbocycles. The second kappa shape index (κ2) is 43.2. The fourth-order valence-corrected chi connectivity index (χ4v) is 7.46. The van der Waals surface area contributed by atoms with Crippen LogP contribution in [0.5, 0.6) is 0 Å². The molecule has 60 heavy (non-hydrogen) atoms. The summed E-state index contributed by atoms with van der Waals surface area (Å²) in [5, 5.41) is 9.64. The van der Waals surface area contributed by atoms with Gasteiger partial charge in [-0.3, -0.25) is 9.59 Å². The van der Waals surface area contributed by atoms with Crippen molar-refractivity contribution in [2.24, 2.45) is 0 Å². The lowest BCUT2D eigenvalue weighted by Crippen LogP contribution is -2.50. The fraction of sp³-hybridized carbons (Fsp3) is 0.827. The van der Waals surface area contributed by atoms with E-state index in [-0.39, 0.29) is 36.2 Å². The van der Waals surface area contributed by atoms with E-state index in [1.165, 1.54) is 122 Å². The topological polar surface area (TPSA) is 99.1 Å². The summed E-state index contributed by atoms with van der Waals surface area (Å²) >= 11 is 0. The van der Waals surface area contributed by atoms with Gasteiger partial charge in [-0.2, -0.15) is 0 Å². The highest BCUT2D eigenvalue weighted by atomic mass is 16.6. The second-order valence-electron chi connectivity index (χ2n) is 18.1. The second-order valence-corrected chi connectivity index (χ2v) is 18.1. The number of carbonyl (C=O) groups is 3. The minimum atomic E-state index is -0.875. The van der Waals surface area contributed by atoms with Gasteiger partial charge >= 0.3 is 17.9 Å². The Morgan fingerprint density at radius 1 is 0.517 bits per heavy atom. The van der Waals surface area contributed by atoms with Gasteiger partial charge in [0.15, 0.2) is 12.1 Å². The first kappa shape index (κ1) is 57.5. The van der Waals surface area contributed by atoms with E-state index in [1.54, 1.807) is 0 Å². The molecule has 0 aromatic heterocycles. The third kappa shape index (κ3) is 40.9. The Hall–Kier alpha value is -2.45. The fourth-order valence-electron chi connectivity index (χ4n) is 7.46. The maximum atomic E-state index is 12.8. The molecule has 8 heteroatoms. The van der Waals surface area contributed by atoms with Crippen LogP contribution in [0.15, 0.2) is 36.5 Å². The Balaban J connectivity index is 4.23. The number of aliphatic carboxylic acids is 1. The summed E-state index contributed by atoms with van der Waals surface area (Å²) in [7, 11) is 5.53. The predicted molar refractivity (Wildman–Crippen MR) is 252 cm³/mol. The Labute approximate surface area is 370 Å². The van der Waals surface area contributed by atoms with Crippen molar-refractivity contribution in [1.29, 1.82) is 0 Å². The molecule has 0 saturated carbocycles. The van der Waals surface area contributed by atoms with Crippen molar-refractivity contribution in [3.8, 4) is 0 Å². The highest BCUT2D eigenvalue weighted by molar-refractivity contribution is 5.72. The van der Waals surface area contributed by atoms with E-state index in [4.69, 9.17) is 14.2 Å². The Bertz CT molecular complexity index is 1080. The lowest BCUT2D eigenvalue weighted by molar-refractivity contribution is -0.887. The lowest BCUT2D eigenvalue weighted by atomic mass is 10.0. The van der Waals surface area contributed by atoms with E-state index in [0.717, 1.165) is 70.6 Å². The summed E-state index contributed by atoms with van der Waals surface area (Å²) in [5.74, 6) is -1.47. The number of carboxylic acids is 1. The SMILES string of the molecule is CC/C=C/C/C=C/C/C=C/CCCCCCCCC(=O)OC(COCCC(C(=O)O)[N+](C)(C)C)COC(=O)CCCCCCCCCCCCCCCCCCCCCC. The van der Waals surface area contributed by atoms with Gasteiger partial charge in [-0.05, 0) is 44.9 Å². The van der Waals surface area contributed by atoms with Crippen molar-refractivity contribution in [1.82, 2.24) is 0 Å². The van der Waals surface area contributed by atoms with Crippen LogP contribution in [-0.2, 0) is 28.6 Å². The highest BCUT2D eigenvalue weighted by Crippen LogP contribution is 2.16. The average molecular weight is 847 g/mol. The average Bonchev–Trinajstić information content (AvgIpc) is 3.21. The van der Waals surface area contributed by atoms with Gasteiger partial charge in [0, 0.05) is 19.3 Å². The highest BCUT2D eigenvalue weighted by Gasteiger charge is 2.31. The van der Waals surface area contributed by atoms with Gasteiger partial charge in [-0.15, -0.1) is 0 Å². The third-order valence-electron chi connectivity index (χ3n) is 11.3. The zero-order valence-corrected chi connectivity index (χ0v) is 39.9. The molecule has 0 radical (unpaired) electrons. The maximum Gasteiger partial charge on any atom is 0.362 e. The van der Waals surface area contributed by atoms with Crippen LogP contribution in [0.4, 0.5) is 0 Å². The Morgan fingerprint density at radius 3 is 1.38 bits per heavy atom. The minimum absolute atomic E-state index is 0.0531. The van der Waals surface area contributed by atoms with Gasteiger partial charge < -0.3 is 23.8 Å². The molecule has 0 aliphatic carbocycles. The largest absolute Gasteiger partial charge is 0.477 e. The standard InChI is InChI=1S/C52H95NO7/c1-6-8-10-12-14-16-18-20-22-24-25-26-27-29-30-32-34-36-38-40-42-50(54)59-47-48(46-58-45-44-49(52(56)57)53(3,4)5)60-51(55)43-41-39-37-35-33-31-28-23-21-19-17-15-13-11-9-7-2/h9,11,15,17,21,23,48-49H,6-8,10,12-14,16,18-20,22,24-47H2,1-5H3/p+1/b11-9+,17-15+,23-21+. The van der Waals surface area contributed by atoms with E-state index in [9.17, 15) is 19.5 Å². The number of ether oxygens (including phenoxy) is 3. The number of esters is 2. The van der Waals surface area contributed by atoms with Gasteiger partial charge in [0.05, 0.1) is 34.4 Å².